The van der Waals surface area contributed by atoms with Crippen molar-refractivity contribution in [1.82, 2.24) is 0 Å². The molecule has 5 unspecified atom stereocenters. The van der Waals surface area contributed by atoms with Crippen molar-refractivity contribution < 1.29 is 75.8 Å². The van der Waals surface area contributed by atoms with Crippen LogP contribution in [-0.4, -0.2) is 95.9 Å². The smallest absolute Gasteiger partial charge is 0.463 e. The summed E-state index contributed by atoms with van der Waals surface area (Å²) in [6.07, 6.45) is 104. The Bertz CT molecular complexity index is 2500. The minimum atomic E-state index is -4.93. The fourth-order valence-electron chi connectivity index (χ4n) is 12.4. The number of phosphoric acid groups is 2. The topological polar surface area (TPSA) is 231 Å². The lowest BCUT2D eigenvalue weighted by atomic mass is 10.0. The Labute approximate surface area is 678 Å². The first-order valence-electron chi connectivity index (χ1n) is 44.8. The fraction of sp³-hybridized carbons (Fsp3) is 0.753. The van der Waals surface area contributed by atoms with Gasteiger partial charge >= 0.3 is 33.6 Å². The van der Waals surface area contributed by atoms with E-state index >= 15 is 0 Å². The van der Waals surface area contributed by atoms with Crippen molar-refractivity contribution in [1.29, 1.82) is 0 Å². The molecule has 0 aliphatic heterocycles. The van der Waals surface area contributed by atoms with Crippen LogP contribution >= 0.6 is 15.6 Å². The number of aliphatic hydroxyl groups is 2. The first kappa shape index (κ1) is 107. The highest BCUT2D eigenvalue weighted by atomic mass is 31.2. The molecule has 0 aromatic carbocycles. The number of ether oxygens (including phenoxy) is 3. The molecule has 0 aromatic heterocycles. The predicted molar refractivity (Wildman–Crippen MR) is 463 cm³/mol. The highest BCUT2D eigenvalue weighted by Gasteiger charge is 2.29. The highest BCUT2D eigenvalue weighted by Crippen LogP contribution is 2.45. The zero-order valence-electron chi connectivity index (χ0n) is 70.6. The van der Waals surface area contributed by atoms with E-state index in [0.29, 0.717) is 19.3 Å². The number of hydrogen-bond donors (Lipinski definition) is 4. The molecule has 642 valence electrons. The summed E-state index contributed by atoms with van der Waals surface area (Å²) >= 11 is 0. The third-order valence-corrected chi connectivity index (χ3v) is 21.1. The van der Waals surface area contributed by atoms with Gasteiger partial charge in [-0.05, 0) is 116 Å². The van der Waals surface area contributed by atoms with E-state index in [0.717, 1.165) is 135 Å². The van der Waals surface area contributed by atoms with Gasteiger partial charge in [-0.3, -0.25) is 32.5 Å². The van der Waals surface area contributed by atoms with Crippen LogP contribution < -0.4 is 0 Å². The average molecular weight is 1600 g/mol. The summed E-state index contributed by atoms with van der Waals surface area (Å²) in [6, 6.07) is 0. The SMILES string of the molecule is CC/C=C\C/C=C\C/C=C\C/C=C\C/C=C\C/C=C\CCCCCCCCCCCCC(=O)OCC(COP(=O)(O)OCC(O)COP(=O)(O)OCC(O)COC(=O)CCCCCCCCCCCCCCCCCCC/C=C\C/C=C\C/C=C\C/C=C\CCCCC)OC(=O)CCCCCCCCCCCCCCC. The van der Waals surface area contributed by atoms with Crippen LogP contribution in [0.1, 0.15) is 393 Å². The Morgan fingerprint density at radius 2 is 0.477 bits per heavy atom. The van der Waals surface area contributed by atoms with Crippen LogP contribution in [0, 0.1) is 0 Å². The quantitative estimate of drug-likeness (QED) is 0.0146. The predicted octanol–water partition coefficient (Wildman–Crippen LogP) is 27.2. The summed E-state index contributed by atoms with van der Waals surface area (Å²) in [7, 11) is -9.79. The number of hydrogen-bond acceptors (Lipinski definition) is 14. The Hall–Kier alpha value is -4.05. The summed E-state index contributed by atoms with van der Waals surface area (Å²) in [6.45, 7) is 2.59. The Morgan fingerprint density at radius 3 is 0.775 bits per heavy atom. The Morgan fingerprint density at radius 1 is 0.261 bits per heavy atom. The molecule has 0 bridgehead atoms. The summed E-state index contributed by atoms with van der Waals surface area (Å²) in [4.78, 5) is 58.8. The van der Waals surface area contributed by atoms with E-state index in [1.165, 1.54) is 199 Å². The fourth-order valence-corrected chi connectivity index (χ4v) is 14.0. The maximum Gasteiger partial charge on any atom is 0.472 e. The Kier molecular flexibility index (Phi) is 82.2. The molecule has 0 rings (SSSR count). The maximum absolute atomic E-state index is 13.0. The largest absolute Gasteiger partial charge is 0.472 e. The molecular formula is C93H164O16P2. The third kappa shape index (κ3) is 86.6. The summed E-state index contributed by atoms with van der Waals surface area (Å²) in [5.41, 5.74) is 0. The lowest BCUT2D eigenvalue weighted by molar-refractivity contribution is -0.161. The van der Waals surface area contributed by atoms with Crippen molar-refractivity contribution in [2.45, 2.75) is 411 Å². The molecule has 0 radical (unpaired) electrons. The number of allylic oxidation sites excluding steroid dienone is 20. The minimum absolute atomic E-state index is 0.106. The van der Waals surface area contributed by atoms with Crippen LogP contribution in [0.3, 0.4) is 0 Å². The molecular weight excluding hydrogens is 1430 g/mol. The molecule has 16 nitrogen and oxygen atoms in total. The van der Waals surface area contributed by atoms with Crippen LogP contribution in [0.2, 0.25) is 0 Å². The second-order valence-corrected chi connectivity index (χ2v) is 32.9. The maximum atomic E-state index is 13.0. The van der Waals surface area contributed by atoms with Crippen molar-refractivity contribution in [2.75, 3.05) is 39.6 Å². The zero-order chi connectivity index (χ0) is 80.8. The molecule has 0 aromatic rings. The molecule has 0 heterocycles. The molecule has 0 spiro atoms. The van der Waals surface area contributed by atoms with Crippen LogP contribution in [0.5, 0.6) is 0 Å². The van der Waals surface area contributed by atoms with Crippen LogP contribution in [0.4, 0.5) is 0 Å². The average Bonchev–Trinajstić information content (AvgIpc) is 0.900. The number of phosphoric ester groups is 2. The lowest BCUT2D eigenvalue weighted by Crippen LogP contribution is -2.30. The van der Waals surface area contributed by atoms with Crippen molar-refractivity contribution >= 4 is 33.6 Å². The second kappa shape index (κ2) is 85.3. The number of rotatable bonds is 85. The standard InChI is InChI=1S/C93H164O16P2/c1-4-7-10-13-16-19-22-25-27-29-31-33-35-37-39-41-42-43-44-46-48-49-51-53-55-57-59-62-64-67-70-73-76-79-91(96)103-82-88(94)83-105-110(99,100)106-84-89(95)85-107-111(101,102)108-87-90(109-93(98)81-78-75-72-69-66-61-24-21-18-15-12-9-6-3)86-104-92(97)80-77-74-71-68-65-63-60-58-56-54-52-50-47-45-40-38-36-34-32-30-28-26-23-20-17-14-11-8-5-2/h8,11,16-17,19-20,25-28,31-34,37-40,47,50,88-90,94-95H,4-7,9-10,12-15,18,21-24,29-30,35-36,41-46,48-49,51-87H2,1-3H3,(H,99,100)(H,101,102)/b11-8-,19-16-,20-17-,27-25-,28-26-,33-31-,34-32-,39-37-,40-38-,50-47-. The molecule has 0 aliphatic rings. The van der Waals surface area contributed by atoms with Gasteiger partial charge in [0.05, 0.1) is 26.4 Å². The number of aliphatic hydroxyl groups excluding tert-OH is 2. The normalized spacial score (nSPS) is 14.4. The summed E-state index contributed by atoms with van der Waals surface area (Å²) in [5.74, 6) is -1.56. The first-order chi connectivity index (χ1) is 54.2. The summed E-state index contributed by atoms with van der Waals surface area (Å²) in [5, 5.41) is 20.7. The van der Waals surface area contributed by atoms with Crippen LogP contribution in [0.15, 0.2) is 122 Å². The van der Waals surface area contributed by atoms with Crippen molar-refractivity contribution in [3.05, 3.63) is 122 Å². The number of unbranched alkanes of at least 4 members (excludes halogenated alkanes) is 42. The molecule has 5 atom stereocenters. The van der Waals surface area contributed by atoms with E-state index < -0.39 is 91.5 Å². The first-order valence-corrected chi connectivity index (χ1v) is 47.8. The van der Waals surface area contributed by atoms with E-state index in [1.54, 1.807) is 0 Å². The molecule has 0 amide bonds. The molecule has 0 aliphatic carbocycles. The van der Waals surface area contributed by atoms with Gasteiger partial charge in [-0.1, -0.05) is 380 Å². The van der Waals surface area contributed by atoms with Crippen LogP contribution in [-0.2, 0) is 55.8 Å². The van der Waals surface area contributed by atoms with Crippen molar-refractivity contribution in [3.63, 3.8) is 0 Å². The molecule has 4 N–H and O–H groups in total. The Balaban J connectivity index is 4.41. The minimum Gasteiger partial charge on any atom is -0.463 e. The van der Waals surface area contributed by atoms with Gasteiger partial charge in [0.15, 0.2) is 6.10 Å². The second-order valence-electron chi connectivity index (χ2n) is 30.0. The number of carbonyl (C=O) groups excluding carboxylic acids is 3. The van der Waals surface area contributed by atoms with Gasteiger partial charge in [0.25, 0.3) is 0 Å². The van der Waals surface area contributed by atoms with Gasteiger partial charge < -0.3 is 34.2 Å². The molecule has 0 saturated carbocycles. The van der Waals surface area contributed by atoms with Gasteiger partial charge in [-0.25, -0.2) is 9.13 Å². The van der Waals surface area contributed by atoms with Gasteiger partial charge in [0, 0.05) is 19.3 Å². The number of carbonyl (C=O) groups is 3. The van der Waals surface area contributed by atoms with Gasteiger partial charge in [0.1, 0.15) is 25.4 Å². The van der Waals surface area contributed by atoms with E-state index in [4.69, 9.17) is 32.3 Å². The van der Waals surface area contributed by atoms with E-state index in [1.807, 2.05) is 0 Å². The van der Waals surface area contributed by atoms with Crippen molar-refractivity contribution in [3.8, 4) is 0 Å². The summed E-state index contributed by atoms with van der Waals surface area (Å²) < 4.78 is 61.3. The monoisotopic (exact) mass is 1600 g/mol. The molecule has 0 saturated heterocycles. The van der Waals surface area contributed by atoms with Gasteiger partial charge in [-0.2, -0.15) is 0 Å². The van der Waals surface area contributed by atoms with Gasteiger partial charge in [0.2, 0.25) is 0 Å². The molecule has 18 heteroatoms. The lowest BCUT2D eigenvalue weighted by Gasteiger charge is -2.21. The van der Waals surface area contributed by atoms with E-state index in [-0.39, 0.29) is 19.3 Å². The van der Waals surface area contributed by atoms with Crippen LogP contribution in [0.25, 0.3) is 0 Å². The van der Waals surface area contributed by atoms with E-state index in [2.05, 4.69) is 142 Å². The third-order valence-electron chi connectivity index (χ3n) is 19.2. The number of esters is 3. The molecule has 111 heavy (non-hydrogen) atoms. The zero-order valence-corrected chi connectivity index (χ0v) is 72.4. The van der Waals surface area contributed by atoms with E-state index in [9.17, 15) is 43.5 Å². The highest BCUT2D eigenvalue weighted by molar-refractivity contribution is 7.47. The molecule has 0 fully saturated rings. The van der Waals surface area contributed by atoms with Gasteiger partial charge in [-0.15, -0.1) is 0 Å². The van der Waals surface area contributed by atoms with Crippen molar-refractivity contribution in [2.24, 2.45) is 0 Å².